The van der Waals surface area contributed by atoms with Gasteiger partial charge in [0.2, 0.25) is 0 Å². The lowest BCUT2D eigenvalue weighted by Gasteiger charge is -2.38. The Labute approximate surface area is 114 Å². The third-order valence-electron chi connectivity index (χ3n) is 3.40. The van der Waals surface area contributed by atoms with Gasteiger partial charge in [-0.05, 0) is 6.92 Å². The molecule has 1 N–H and O–H groups in total. The quantitative estimate of drug-likeness (QED) is 0.796. The van der Waals surface area contributed by atoms with Crippen LogP contribution < -0.4 is 0 Å². The fourth-order valence-corrected chi connectivity index (χ4v) is 2.27. The summed E-state index contributed by atoms with van der Waals surface area (Å²) in [5.41, 5.74) is -0.0193. The fourth-order valence-electron chi connectivity index (χ4n) is 2.27. The number of nitrogens with zero attached hydrogens (tertiary/aromatic N) is 7. The fraction of sp³-hybridized carbons (Fsp3) is 0.545. The maximum Gasteiger partial charge on any atom is 0.358 e. The molecule has 1 fully saturated rings. The molecule has 0 bridgehead atoms. The van der Waals surface area contributed by atoms with Gasteiger partial charge in [0, 0.05) is 19.6 Å². The van der Waals surface area contributed by atoms with E-state index >= 15 is 0 Å². The van der Waals surface area contributed by atoms with Gasteiger partial charge in [-0.2, -0.15) is 5.10 Å². The molecule has 9 heteroatoms. The van der Waals surface area contributed by atoms with Crippen LogP contribution >= 0.6 is 0 Å². The lowest BCUT2D eigenvalue weighted by molar-refractivity contribution is 0.0689. The first-order valence-corrected chi connectivity index (χ1v) is 6.41. The van der Waals surface area contributed by atoms with Crippen molar-refractivity contribution in [3.05, 3.63) is 24.0 Å². The molecular formula is C11H15N7O2. The number of carboxylic acid groups (broad SMARTS) is 1. The van der Waals surface area contributed by atoms with E-state index in [-0.39, 0.29) is 11.7 Å². The van der Waals surface area contributed by atoms with Gasteiger partial charge in [-0.25, -0.2) is 19.1 Å². The second kappa shape index (κ2) is 5.00. The van der Waals surface area contributed by atoms with Crippen LogP contribution in [0.25, 0.3) is 0 Å². The minimum atomic E-state index is -1.05. The number of aryl methyl sites for hydroxylation is 1. The van der Waals surface area contributed by atoms with E-state index in [2.05, 4.69) is 25.3 Å². The van der Waals surface area contributed by atoms with Crippen LogP contribution in [0.2, 0.25) is 0 Å². The molecule has 0 saturated carbocycles. The summed E-state index contributed by atoms with van der Waals surface area (Å²) >= 11 is 0. The van der Waals surface area contributed by atoms with Crippen molar-refractivity contribution < 1.29 is 9.90 Å². The van der Waals surface area contributed by atoms with Gasteiger partial charge in [-0.1, -0.05) is 5.21 Å². The normalized spacial score (nSPS) is 16.2. The Morgan fingerprint density at radius 2 is 2.30 bits per heavy atom. The summed E-state index contributed by atoms with van der Waals surface area (Å²) in [4.78, 5) is 17.2. The molecule has 2 aromatic rings. The van der Waals surface area contributed by atoms with Crippen LogP contribution in [0.1, 0.15) is 29.3 Å². The Morgan fingerprint density at radius 3 is 2.95 bits per heavy atom. The average molecular weight is 277 g/mol. The summed E-state index contributed by atoms with van der Waals surface area (Å²) < 4.78 is 3.48. The van der Waals surface area contributed by atoms with Crippen LogP contribution in [0.5, 0.6) is 0 Å². The molecule has 3 heterocycles. The zero-order valence-electron chi connectivity index (χ0n) is 11.0. The smallest absolute Gasteiger partial charge is 0.358 e. The summed E-state index contributed by atoms with van der Waals surface area (Å²) in [7, 11) is 0. The first kappa shape index (κ1) is 12.7. The van der Waals surface area contributed by atoms with Crippen molar-refractivity contribution in [3.63, 3.8) is 0 Å². The van der Waals surface area contributed by atoms with Gasteiger partial charge in [0.1, 0.15) is 12.2 Å². The predicted octanol–water partition coefficient (Wildman–Crippen LogP) is -0.355. The van der Waals surface area contributed by atoms with Crippen molar-refractivity contribution in [2.75, 3.05) is 13.1 Å². The maximum atomic E-state index is 10.7. The summed E-state index contributed by atoms with van der Waals surface area (Å²) in [6, 6.07) is 0.175. The molecule has 20 heavy (non-hydrogen) atoms. The zero-order valence-corrected chi connectivity index (χ0v) is 11.0. The number of aromatic nitrogens is 6. The van der Waals surface area contributed by atoms with E-state index in [1.54, 1.807) is 11.0 Å². The molecule has 0 atom stereocenters. The van der Waals surface area contributed by atoms with E-state index in [4.69, 9.17) is 5.11 Å². The third-order valence-corrected chi connectivity index (χ3v) is 3.40. The molecule has 0 amide bonds. The molecule has 1 saturated heterocycles. The van der Waals surface area contributed by atoms with Crippen molar-refractivity contribution in [1.29, 1.82) is 0 Å². The number of rotatable bonds is 5. The highest BCUT2D eigenvalue weighted by Gasteiger charge is 2.30. The zero-order chi connectivity index (χ0) is 14.1. The van der Waals surface area contributed by atoms with Crippen molar-refractivity contribution in [2.45, 2.75) is 26.1 Å². The molecule has 106 valence electrons. The van der Waals surface area contributed by atoms with E-state index in [0.717, 1.165) is 32.0 Å². The van der Waals surface area contributed by atoms with Gasteiger partial charge in [0.15, 0.2) is 5.69 Å². The summed E-state index contributed by atoms with van der Waals surface area (Å²) in [6.45, 7) is 5.18. The Hall–Kier alpha value is -2.29. The molecule has 0 aromatic carbocycles. The van der Waals surface area contributed by atoms with Gasteiger partial charge in [-0.15, -0.1) is 5.10 Å². The van der Waals surface area contributed by atoms with E-state index in [1.165, 1.54) is 6.20 Å². The first-order chi connectivity index (χ1) is 9.67. The topological polar surface area (TPSA) is 102 Å². The Kier molecular flexibility index (Phi) is 3.18. The third kappa shape index (κ3) is 2.27. The Morgan fingerprint density at radius 1 is 1.50 bits per heavy atom. The largest absolute Gasteiger partial charge is 0.476 e. The highest BCUT2D eigenvalue weighted by Crippen LogP contribution is 2.21. The van der Waals surface area contributed by atoms with E-state index in [9.17, 15) is 4.79 Å². The van der Waals surface area contributed by atoms with Gasteiger partial charge in [-0.3, -0.25) is 4.90 Å². The van der Waals surface area contributed by atoms with Crippen LogP contribution in [0.15, 0.2) is 12.5 Å². The van der Waals surface area contributed by atoms with Crippen molar-refractivity contribution in [2.24, 2.45) is 0 Å². The molecule has 0 radical (unpaired) electrons. The summed E-state index contributed by atoms with van der Waals surface area (Å²) in [6.07, 6.45) is 3.03. The Balaban J connectivity index is 1.57. The van der Waals surface area contributed by atoms with Crippen molar-refractivity contribution in [1.82, 2.24) is 34.7 Å². The lowest BCUT2D eigenvalue weighted by Crippen LogP contribution is -2.47. The number of hydrogen-bond donors (Lipinski definition) is 1. The second-order valence-electron chi connectivity index (χ2n) is 4.73. The van der Waals surface area contributed by atoms with Gasteiger partial charge in [0.25, 0.3) is 0 Å². The summed E-state index contributed by atoms with van der Waals surface area (Å²) in [5, 5.41) is 20.4. The van der Waals surface area contributed by atoms with Crippen LogP contribution in [0.3, 0.4) is 0 Å². The van der Waals surface area contributed by atoms with Crippen LogP contribution in [-0.4, -0.2) is 58.8 Å². The number of carbonyl (C=O) groups is 1. The Bertz CT molecular complexity index is 614. The molecule has 0 aliphatic carbocycles. The lowest BCUT2D eigenvalue weighted by atomic mass is 10.1. The first-order valence-electron chi connectivity index (χ1n) is 6.41. The number of carboxylic acids is 1. The van der Waals surface area contributed by atoms with Gasteiger partial charge >= 0.3 is 5.97 Å². The standard InChI is InChI=1S/C11H15N7O2/c1-2-17-10(12-7-13-17)6-16-3-8(4-16)18-5-9(11(19)20)14-15-18/h5,7-8H,2-4,6H2,1H3,(H,19,20). The maximum absolute atomic E-state index is 10.7. The van der Waals surface area contributed by atoms with Crippen molar-refractivity contribution in [3.8, 4) is 0 Å². The van der Waals surface area contributed by atoms with E-state index in [0.29, 0.717) is 0 Å². The molecule has 3 rings (SSSR count). The van der Waals surface area contributed by atoms with Crippen LogP contribution in [0.4, 0.5) is 0 Å². The monoisotopic (exact) mass is 277 g/mol. The van der Waals surface area contributed by atoms with Crippen LogP contribution in [0, 0.1) is 0 Å². The highest BCUT2D eigenvalue weighted by molar-refractivity contribution is 5.84. The number of likely N-dealkylation sites (tertiary alicyclic amines) is 1. The van der Waals surface area contributed by atoms with Crippen LogP contribution in [-0.2, 0) is 13.1 Å². The minimum Gasteiger partial charge on any atom is -0.476 e. The number of hydrogen-bond acceptors (Lipinski definition) is 6. The van der Waals surface area contributed by atoms with E-state index in [1.807, 2.05) is 11.6 Å². The molecule has 1 aliphatic rings. The minimum absolute atomic E-state index is 0.0193. The van der Waals surface area contributed by atoms with E-state index < -0.39 is 5.97 Å². The summed E-state index contributed by atoms with van der Waals surface area (Å²) in [5.74, 6) is -0.112. The van der Waals surface area contributed by atoms with Crippen molar-refractivity contribution >= 4 is 5.97 Å². The molecule has 2 aromatic heterocycles. The molecule has 0 unspecified atom stereocenters. The molecule has 9 nitrogen and oxygen atoms in total. The highest BCUT2D eigenvalue weighted by atomic mass is 16.4. The molecule has 0 spiro atoms. The predicted molar refractivity (Wildman–Crippen MR) is 67.0 cm³/mol. The van der Waals surface area contributed by atoms with Gasteiger partial charge in [0.05, 0.1) is 18.8 Å². The molecular weight excluding hydrogens is 262 g/mol. The second-order valence-corrected chi connectivity index (χ2v) is 4.73. The molecule has 1 aliphatic heterocycles. The number of aromatic carboxylic acids is 1. The van der Waals surface area contributed by atoms with Gasteiger partial charge < -0.3 is 5.11 Å². The SMILES string of the molecule is CCn1ncnc1CN1CC(n2cc(C(=O)O)nn2)C1. The average Bonchev–Trinajstić information content (AvgIpc) is 3.01.